The Morgan fingerprint density at radius 3 is 2.37 bits per heavy atom. The highest BCUT2D eigenvalue weighted by atomic mass is 127. The summed E-state index contributed by atoms with van der Waals surface area (Å²) in [6.45, 7) is 3.40. The van der Waals surface area contributed by atoms with E-state index in [2.05, 4.69) is 27.2 Å². The zero-order valence-corrected chi connectivity index (χ0v) is 14.3. The van der Waals surface area contributed by atoms with Gasteiger partial charge in [-0.3, -0.25) is 14.5 Å². The molecular formula is C14H23IN2O2. The van der Waals surface area contributed by atoms with Gasteiger partial charge in [0.2, 0.25) is 11.8 Å². The second-order valence-corrected chi connectivity index (χ2v) is 6.55. The maximum absolute atomic E-state index is 12.3. The lowest BCUT2D eigenvalue weighted by atomic mass is 9.82. The monoisotopic (exact) mass is 378 g/mol. The Morgan fingerprint density at radius 1 is 1.21 bits per heavy atom. The van der Waals surface area contributed by atoms with Gasteiger partial charge in [0.1, 0.15) is 0 Å². The van der Waals surface area contributed by atoms with Gasteiger partial charge in [-0.2, -0.15) is 0 Å². The third-order valence-corrected chi connectivity index (χ3v) is 3.91. The van der Waals surface area contributed by atoms with Gasteiger partial charge in [0.25, 0.3) is 0 Å². The van der Waals surface area contributed by atoms with Crippen LogP contribution in [0, 0.1) is 11.8 Å². The largest absolute Gasteiger partial charge is 1.00 e. The van der Waals surface area contributed by atoms with Crippen molar-refractivity contribution < 1.29 is 38.0 Å². The van der Waals surface area contributed by atoms with E-state index in [1.54, 1.807) is 0 Å². The lowest BCUT2D eigenvalue weighted by Crippen LogP contribution is -3.00. The molecule has 0 aromatic rings. The number of carbonyl (C=O) groups excluding carboxylic acids is 2. The summed E-state index contributed by atoms with van der Waals surface area (Å²) in [5, 5.41) is 0. The summed E-state index contributed by atoms with van der Waals surface area (Å²) in [6, 6.07) is 0. The number of likely N-dealkylation sites (tertiary alicyclic amines) is 1. The van der Waals surface area contributed by atoms with E-state index in [0.717, 1.165) is 23.9 Å². The SMILES string of the molecule is CC1=CC[C@@H]2C(=O)N(CC[N+](C)(C)C)C(=O)[C@@H]2C1.[I-]. The molecular weight excluding hydrogens is 355 g/mol. The van der Waals surface area contributed by atoms with Crippen molar-refractivity contribution in [2.75, 3.05) is 34.2 Å². The molecule has 19 heavy (non-hydrogen) atoms. The Bertz CT molecular complexity index is 412. The van der Waals surface area contributed by atoms with Crippen LogP contribution in [-0.4, -0.2) is 55.4 Å². The van der Waals surface area contributed by atoms with Crippen LogP contribution in [0.4, 0.5) is 0 Å². The minimum atomic E-state index is -0.0892. The number of imide groups is 1. The fourth-order valence-electron chi connectivity index (χ4n) is 2.73. The van der Waals surface area contributed by atoms with Gasteiger partial charge in [-0.05, 0) is 19.8 Å². The van der Waals surface area contributed by atoms with Crippen LogP contribution >= 0.6 is 0 Å². The molecule has 2 amide bonds. The molecule has 1 aliphatic heterocycles. The van der Waals surface area contributed by atoms with Gasteiger partial charge >= 0.3 is 0 Å². The summed E-state index contributed by atoms with van der Waals surface area (Å²) in [6.07, 6.45) is 3.60. The van der Waals surface area contributed by atoms with Crippen LogP contribution in [0.5, 0.6) is 0 Å². The van der Waals surface area contributed by atoms with E-state index in [1.165, 1.54) is 10.5 Å². The zero-order valence-electron chi connectivity index (χ0n) is 12.1. The Labute approximate surface area is 132 Å². The summed E-state index contributed by atoms with van der Waals surface area (Å²) in [5.41, 5.74) is 1.24. The summed E-state index contributed by atoms with van der Waals surface area (Å²) in [4.78, 5) is 26.0. The van der Waals surface area contributed by atoms with E-state index in [-0.39, 0.29) is 47.6 Å². The molecule has 0 spiro atoms. The standard InChI is InChI=1S/C14H23N2O2.HI/c1-10-5-6-11-12(9-10)14(18)15(13(11)17)7-8-16(2,3)4;/h5,11-12H,6-9H2,1-4H3;1H/q+1;/p-1/t11-,12+;/m0./s1. The Balaban J connectivity index is 0.00000180. The van der Waals surface area contributed by atoms with Crippen molar-refractivity contribution >= 4 is 11.8 Å². The van der Waals surface area contributed by atoms with E-state index in [9.17, 15) is 9.59 Å². The van der Waals surface area contributed by atoms with Gasteiger partial charge in [-0.1, -0.05) is 11.6 Å². The number of hydrogen-bond donors (Lipinski definition) is 0. The Hall–Kier alpha value is -0.430. The quantitative estimate of drug-likeness (QED) is 0.248. The summed E-state index contributed by atoms with van der Waals surface area (Å²) < 4.78 is 0.768. The highest BCUT2D eigenvalue weighted by molar-refractivity contribution is 6.05. The molecule has 1 aliphatic carbocycles. The van der Waals surface area contributed by atoms with Crippen LogP contribution in [0.15, 0.2) is 11.6 Å². The molecule has 0 radical (unpaired) electrons. The first-order valence-corrected chi connectivity index (χ1v) is 6.61. The molecule has 0 bridgehead atoms. The van der Waals surface area contributed by atoms with Crippen LogP contribution in [-0.2, 0) is 9.59 Å². The van der Waals surface area contributed by atoms with Gasteiger partial charge in [-0.15, -0.1) is 0 Å². The summed E-state index contributed by atoms with van der Waals surface area (Å²) >= 11 is 0. The second-order valence-electron chi connectivity index (χ2n) is 6.55. The minimum absolute atomic E-state index is 0. The van der Waals surface area contributed by atoms with Crippen molar-refractivity contribution in [1.29, 1.82) is 0 Å². The molecule has 108 valence electrons. The number of rotatable bonds is 3. The van der Waals surface area contributed by atoms with Crippen molar-refractivity contribution in [2.24, 2.45) is 11.8 Å². The zero-order chi connectivity index (χ0) is 13.5. The van der Waals surface area contributed by atoms with Crippen molar-refractivity contribution in [3.8, 4) is 0 Å². The third kappa shape index (κ3) is 3.56. The highest BCUT2D eigenvalue weighted by Gasteiger charge is 2.48. The number of halogens is 1. The number of allylic oxidation sites excluding steroid dienone is 2. The minimum Gasteiger partial charge on any atom is -1.00 e. The summed E-state index contributed by atoms with van der Waals surface area (Å²) in [7, 11) is 6.22. The van der Waals surface area contributed by atoms with Crippen LogP contribution in [0.1, 0.15) is 19.8 Å². The first-order chi connectivity index (χ1) is 8.29. The molecule has 2 aliphatic rings. The lowest BCUT2D eigenvalue weighted by molar-refractivity contribution is -0.869. The number of nitrogens with zero attached hydrogens (tertiary/aromatic N) is 2. The molecule has 0 aromatic heterocycles. The number of quaternary nitrogens is 1. The van der Waals surface area contributed by atoms with E-state index >= 15 is 0 Å². The average Bonchev–Trinajstić information content (AvgIpc) is 2.48. The fourth-order valence-corrected chi connectivity index (χ4v) is 2.73. The first kappa shape index (κ1) is 16.6. The highest BCUT2D eigenvalue weighted by Crippen LogP contribution is 2.37. The summed E-state index contributed by atoms with van der Waals surface area (Å²) in [5.74, 6) is -0.0864. The molecule has 0 saturated carbocycles. The number of hydrogen-bond acceptors (Lipinski definition) is 2. The molecule has 4 nitrogen and oxygen atoms in total. The predicted octanol–water partition coefficient (Wildman–Crippen LogP) is -1.96. The van der Waals surface area contributed by atoms with Gasteiger partial charge < -0.3 is 28.5 Å². The van der Waals surface area contributed by atoms with Crippen LogP contribution in [0.25, 0.3) is 0 Å². The topological polar surface area (TPSA) is 37.4 Å². The normalized spacial score (nSPS) is 26.9. The van der Waals surface area contributed by atoms with Crippen LogP contribution in [0.3, 0.4) is 0 Å². The smallest absolute Gasteiger partial charge is 0.233 e. The van der Waals surface area contributed by atoms with Gasteiger partial charge in [0.15, 0.2) is 0 Å². The van der Waals surface area contributed by atoms with Crippen molar-refractivity contribution in [3.63, 3.8) is 0 Å². The molecule has 0 aromatic carbocycles. The van der Waals surface area contributed by atoms with E-state index < -0.39 is 0 Å². The lowest BCUT2D eigenvalue weighted by Gasteiger charge is -2.26. The Kier molecular flexibility index (Phi) is 5.17. The Morgan fingerprint density at radius 2 is 1.79 bits per heavy atom. The van der Waals surface area contributed by atoms with Crippen LogP contribution in [0.2, 0.25) is 0 Å². The fraction of sp³-hybridized carbons (Fsp3) is 0.714. The average molecular weight is 378 g/mol. The van der Waals surface area contributed by atoms with Crippen molar-refractivity contribution in [3.05, 3.63) is 11.6 Å². The molecule has 0 N–H and O–H groups in total. The molecule has 5 heteroatoms. The maximum atomic E-state index is 12.3. The van der Waals surface area contributed by atoms with Gasteiger partial charge in [-0.25, -0.2) is 0 Å². The number of carbonyl (C=O) groups is 2. The molecule has 2 atom stereocenters. The third-order valence-electron chi connectivity index (χ3n) is 3.91. The molecule has 1 saturated heterocycles. The molecule has 1 fully saturated rings. The second kappa shape index (κ2) is 5.91. The predicted molar refractivity (Wildman–Crippen MR) is 69.6 cm³/mol. The van der Waals surface area contributed by atoms with Crippen LogP contribution < -0.4 is 24.0 Å². The maximum Gasteiger partial charge on any atom is 0.233 e. The van der Waals surface area contributed by atoms with Crippen molar-refractivity contribution in [1.82, 2.24) is 4.90 Å². The number of likely N-dealkylation sites (N-methyl/N-ethyl adjacent to an activating group) is 1. The van der Waals surface area contributed by atoms with Gasteiger partial charge in [0.05, 0.1) is 46.1 Å². The van der Waals surface area contributed by atoms with Gasteiger partial charge in [0, 0.05) is 0 Å². The van der Waals surface area contributed by atoms with Crippen molar-refractivity contribution in [2.45, 2.75) is 19.8 Å². The van der Waals surface area contributed by atoms with E-state index in [1.807, 2.05) is 6.92 Å². The molecule has 1 heterocycles. The molecule has 2 rings (SSSR count). The van der Waals surface area contributed by atoms with E-state index in [0.29, 0.717) is 6.54 Å². The molecule has 0 unspecified atom stereocenters. The first-order valence-electron chi connectivity index (χ1n) is 6.61. The van der Waals surface area contributed by atoms with E-state index in [4.69, 9.17) is 0 Å². The number of amides is 2. The number of fused-ring (bicyclic) bond motifs is 1.